The molecular weight excluding hydrogens is 408 g/mol. The normalized spacial score (nSPS) is 11.0. The maximum absolute atomic E-state index is 13.4. The molecule has 4 rings (SSSR count). The van der Waals surface area contributed by atoms with E-state index < -0.39 is 0 Å². The van der Waals surface area contributed by atoms with Crippen LogP contribution in [0.4, 0.5) is 0 Å². The first-order chi connectivity index (χ1) is 15.1. The van der Waals surface area contributed by atoms with Crippen LogP contribution in [0.5, 0.6) is 0 Å². The molecule has 0 fully saturated rings. The van der Waals surface area contributed by atoms with E-state index >= 15 is 0 Å². The van der Waals surface area contributed by atoms with Crippen molar-refractivity contribution in [1.82, 2.24) is 9.55 Å². The molecule has 0 bridgehead atoms. The molecule has 2 aromatic heterocycles. The molecule has 0 spiro atoms. The number of rotatable bonds is 7. The summed E-state index contributed by atoms with van der Waals surface area (Å²) in [4.78, 5) is 30.4. The molecular formula is C25H24N2O3S. The van der Waals surface area contributed by atoms with Crippen LogP contribution in [0.25, 0.3) is 32.5 Å². The number of aromatic nitrogens is 2. The van der Waals surface area contributed by atoms with Crippen molar-refractivity contribution in [2.45, 2.75) is 32.7 Å². The Morgan fingerprint density at radius 2 is 1.71 bits per heavy atom. The lowest BCUT2D eigenvalue weighted by Crippen LogP contribution is -2.25. The Morgan fingerprint density at radius 1 is 1.03 bits per heavy atom. The van der Waals surface area contributed by atoms with Crippen molar-refractivity contribution < 1.29 is 9.53 Å². The number of carbonyl (C=O) groups is 1. The van der Waals surface area contributed by atoms with Gasteiger partial charge in [0.1, 0.15) is 10.7 Å². The summed E-state index contributed by atoms with van der Waals surface area (Å²) in [5.74, 6) is 0.477. The van der Waals surface area contributed by atoms with Gasteiger partial charge in [-0.1, -0.05) is 61.5 Å². The summed E-state index contributed by atoms with van der Waals surface area (Å²) in [6.07, 6.45) is 1.47. The molecule has 6 heteroatoms. The van der Waals surface area contributed by atoms with Crippen LogP contribution in [-0.4, -0.2) is 22.6 Å². The van der Waals surface area contributed by atoms with E-state index in [2.05, 4.69) is 36.4 Å². The van der Waals surface area contributed by atoms with Gasteiger partial charge in [-0.05, 0) is 23.1 Å². The average molecular weight is 433 g/mol. The predicted molar refractivity (Wildman–Crippen MR) is 125 cm³/mol. The SMILES string of the molecule is CCc1nc2scc(-c3ccc(-c4ccccc4)cc3)c2c(=O)n1CCCC(=O)OC. The molecule has 0 atom stereocenters. The first-order valence-corrected chi connectivity index (χ1v) is 11.2. The number of nitrogens with zero attached hydrogens (tertiary/aromatic N) is 2. The summed E-state index contributed by atoms with van der Waals surface area (Å²) in [6.45, 7) is 2.43. The fourth-order valence-electron chi connectivity index (χ4n) is 3.74. The molecule has 2 heterocycles. The minimum atomic E-state index is -0.269. The Bertz CT molecular complexity index is 1260. The lowest BCUT2D eigenvalue weighted by molar-refractivity contribution is -0.140. The quantitative estimate of drug-likeness (QED) is 0.372. The maximum Gasteiger partial charge on any atom is 0.305 e. The van der Waals surface area contributed by atoms with Gasteiger partial charge >= 0.3 is 5.97 Å². The van der Waals surface area contributed by atoms with E-state index in [1.807, 2.05) is 30.5 Å². The third-order valence-electron chi connectivity index (χ3n) is 5.38. The van der Waals surface area contributed by atoms with Crippen LogP contribution < -0.4 is 5.56 Å². The van der Waals surface area contributed by atoms with Gasteiger partial charge in [0, 0.05) is 30.3 Å². The second kappa shape index (κ2) is 9.27. The first kappa shape index (κ1) is 21.0. The number of ether oxygens (including phenoxy) is 1. The Hall–Kier alpha value is -3.25. The van der Waals surface area contributed by atoms with Gasteiger partial charge in [-0.25, -0.2) is 4.98 Å². The highest BCUT2D eigenvalue weighted by Crippen LogP contribution is 2.32. The highest BCUT2D eigenvalue weighted by Gasteiger charge is 2.17. The Labute approximate surface area is 185 Å². The van der Waals surface area contributed by atoms with E-state index in [-0.39, 0.29) is 17.9 Å². The maximum atomic E-state index is 13.4. The smallest absolute Gasteiger partial charge is 0.305 e. The van der Waals surface area contributed by atoms with Gasteiger partial charge in [0.05, 0.1) is 12.5 Å². The van der Waals surface area contributed by atoms with Crippen LogP contribution in [-0.2, 0) is 22.5 Å². The lowest BCUT2D eigenvalue weighted by Gasteiger charge is -2.11. The lowest BCUT2D eigenvalue weighted by atomic mass is 10.0. The van der Waals surface area contributed by atoms with Crippen molar-refractivity contribution in [2.24, 2.45) is 0 Å². The van der Waals surface area contributed by atoms with E-state index in [9.17, 15) is 9.59 Å². The summed E-state index contributed by atoms with van der Waals surface area (Å²) in [7, 11) is 1.38. The fraction of sp³-hybridized carbons (Fsp3) is 0.240. The number of hydrogen-bond acceptors (Lipinski definition) is 5. The van der Waals surface area contributed by atoms with Crippen LogP contribution >= 0.6 is 11.3 Å². The number of fused-ring (bicyclic) bond motifs is 1. The molecule has 0 radical (unpaired) electrons. The van der Waals surface area contributed by atoms with Crippen LogP contribution in [0, 0.1) is 0 Å². The molecule has 31 heavy (non-hydrogen) atoms. The van der Waals surface area contributed by atoms with Gasteiger partial charge in [-0.2, -0.15) is 0 Å². The van der Waals surface area contributed by atoms with E-state index in [1.54, 1.807) is 4.57 Å². The van der Waals surface area contributed by atoms with Crippen LogP contribution in [0.3, 0.4) is 0 Å². The van der Waals surface area contributed by atoms with Gasteiger partial charge in [0.25, 0.3) is 5.56 Å². The zero-order valence-electron chi connectivity index (χ0n) is 17.6. The van der Waals surface area contributed by atoms with Crippen molar-refractivity contribution in [3.05, 3.63) is 76.2 Å². The van der Waals surface area contributed by atoms with Crippen molar-refractivity contribution in [3.8, 4) is 22.3 Å². The molecule has 0 saturated heterocycles. The van der Waals surface area contributed by atoms with Crippen LogP contribution in [0.15, 0.2) is 64.8 Å². The van der Waals surface area contributed by atoms with Crippen LogP contribution in [0.2, 0.25) is 0 Å². The highest BCUT2D eigenvalue weighted by atomic mass is 32.1. The minimum Gasteiger partial charge on any atom is -0.469 e. The van der Waals surface area contributed by atoms with Gasteiger partial charge in [0.15, 0.2) is 0 Å². The van der Waals surface area contributed by atoms with E-state index in [0.717, 1.165) is 32.9 Å². The van der Waals surface area contributed by atoms with Gasteiger partial charge in [0.2, 0.25) is 0 Å². The van der Waals surface area contributed by atoms with E-state index in [0.29, 0.717) is 24.8 Å². The summed E-state index contributed by atoms with van der Waals surface area (Å²) < 4.78 is 6.42. The zero-order chi connectivity index (χ0) is 21.8. The Morgan fingerprint density at radius 3 is 2.39 bits per heavy atom. The van der Waals surface area contributed by atoms with E-state index in [4.69, 9.17) is 9.72 Å². The largest absolute Gasteiger partial charge is 0.469 e. The van der Waals surface area contributed by atoms with E-state index in [1.165, 1.54) is 18.4 Å². The number of benzene rings is 2. The Kier molecular flexibility index (Phi) is 6.28. The molecule has 0 saturated carbocycles. The Balaban J connectivity index is 1.71. The summed E-state index contributed by atoms with van der Waals surface area (Å²) in [6, 6.07) is 18.5. The molecule has 2 aromatic carbocycles. The molecule has 0 amide bonds. The molecule has 5 nitrogen and oxygen atoms in total. The molecule has 4 aromatic rings. The molecule has 0 unspecified atom stereocenters. The number of hydrogen-bond donors (Lipinski definition) is 0. The van der Waals surface area contributed by atoms with Crippen LogP contribution in [0.1, 0.15) is 25.6 Å². The summed E-state index contributed by atoms with van der Waals surface area (Å²) in [5, 5.41) is 2.65. The third-order valence-corrected chi connectivity index (χ3v) is 6.25. The molecule has 158 valence electrons. The summed E-state index contributed by atoms with van der Waals surface area (Å²) >= 11 is 1.50. The van der Waals surface area contributed by atoms with Gasteiger partial charge in [-0.15, -0.1) is 11.3 Å². The monoisotopic (exact) mass is 432 g/mol. The second-order valence-electron chi connectivity index (χ2n) is 7.29. The standard InChI is InChI=1S/C25H24N2O3S/c1-3-21-26-24-23(25(29)27(21)15-7-10-22(28)30-2)20(16-31-24)19-13-11-18(12-14-19)17-8-5-4-6-9-17/h4-6,8-9,11-14,16H,3,7,10,15H2,1-2H3. The zero-order valence-corrected chi connectivity index (χ0v) is 18.4. The van der Waals surface area contributed by atoms with Crippen molar-refractivity contribution in [2.75, 3.05) is 7.11 Å². The third kappa shape index (κ3) is 4.30. The number of esters is 1. The fourth-order valence-corrected chi connectivity index (χ4v) is 4.69. The number of thiophene rings is 1. The molecule has 0 N–H and O–H groups in total. The molecule has 0 aliphatic rings. The first-order valence-electron chi connectivity index (χ1n) is 10.4. The van der Waals surface area contributed by atoms with Crippen molar-refractivity contribution >= 4 is 27.5 Å². The van der Waals surface area contributed by atoms with Gasteiger partial charge in [-0.3, -0.25) is 14.2 Å². The molecule has 0 aliphatic heterocycles. The number of aryl methyl sites for hydroxylation is 1. The summed E-state index contributed by atoms with van der Waals surface area (Å²) in [5.41, 5.74) is 4.15. The number of methoxy groups -OCH3 is 1. The average Bonchev–Trinajstić information content (AvgIpc) is 3.25. The predicted octanol–water partition coefficient (Wildman–Crippen LogP) is 5.31. The van der Waals surface area contributed by atoms with Gasteiger partial charge < -0.3 is 4.74 Å². The highest BCUT2D eigenvalue weighted by molar-refractivity contribution is 7.17. The topological polar surface area (TPSA) is 61.2 Å². The minimum absolute atomic E-state index is 0.0462. The second-order valence-corrected chi connectivity index (χ2v) is 8.15. The number of carbonyl (C=O) groups excluding carboxylic acids is 1. The van der Waals surface area contributed by atoms with Crippen molar-refractivity contribution in [1.29, 1.82) is 0 Å². The molecule has 0 aliphatic carbocycles. The van der Waals surface area contributed by atoms with Crippen molar-refractivity contribution in [3.63, 3.8) is 0 Å².